The highest BCUT2D eigenvalue weighted by atomic mass is 32.2. The van der Waals surface area contributed by atoms with Crippen LogP contribution in [0.15, 0.2) is 29.2 Å². The molecule has 6 nitrogen and oxygen atoms in total. The largest absolute Gasteiger partial charge is 0.339 e. The first kappa shape index (κ1) is 19.3. The Kier molecular flexibility index (Phi) is 5.99. The van der Waals surface area contributed by atoms with Crippen LogP contribution in [0.4, 0.5) is 0 Å². The van der Waals surface area contributed by atoms with Gasteiger partial charge in [0.25, 0.3) is 0 Å². The molecule has 0 bridgehead atoms. The number of sulfonamides is 1. The van der Waals surface area contributed by atoms with Gasteiger partial charge in [-0.1, -0.05) is 31.4 Å². The first-order valence-electron chi connectivity index (χ1n) is 9.54. The van der Waals surface area contributed by atoms with E-state index in [1.807, 2.05) is 12.1 Å². The van der Waals surface area contributed by atoms with Crippen LogP contribution in [-0.2, 0) is 14.8 Å². The molecule has 144 valence electrons. The average molecular weight is 380 g/mol. The number of amides is 1. The molecule has 1 saturated heterocycles. The molecule has 2 N–H and O–H groups in total. The van der Waals surface area contributed by atoms with E-state index in [1.54, 1.807) is 24.0 Å². The molecule has 1 aliphatic carbocycles. The molecule has 0 spiro atoms. The standard InChI is InChI=1S/C19H29N3O3S/c1-15(20)19(23)21-11-13-22(14-12-21)26(24,25)18-9-7-17(8-10-18)16-5-3-2-4-6-16/h7-10,15-16H,2-6,11-14,20H2,1H3/t15-/m0/s1. The Bertz CT molecular complexity index is 717. The summed E-state index contributed by atoms with van der Waals surface area (Å²) in [5.41, 5.74) is 6.88. The SMILES string of the molecule is C[C@H](N)C(=O)N1CCN(S(=O)(=O)c2ccc(C3CCCCC3)cc2)CC1. The van der Waals surface area contributed by atoms with Gasteiger partial charge in [-0.25, -0.2) is 8.42 Å². The van der Waals surface area contributed by atoms with Crippen LogP contribution in [0.5, 0.6) is 0 Å². The van der Waals surface area contributed by atoms with E-state index in [1.165, 1.54) is 42.0 Å². The van der Waals surface area contributed by atoms with E-state index >= 15 is 0 Å². The van der Waals surface area contributed by atoms with Crippen molar-refractivity contribution in [2.75, 3.05) is 26.2 Å². The number of nitrogens with two attached hydrogens (primary N) is 1. The van der Waals surface area contributed by atoms with Crippen LogP contribution in [0.2, 0.25) is 0 Å². The quantitative estimate of drug-likeness (QED) is 0.866. The molecule has 1 amide bonds. The third-order valence-corrected chi connectivity index (χ3v) is 7.45. The average Bonchev–Trinajstić information content (AvgIpc) is 2.68. The molecule has 2 fully saturated rings. The van der Waals surface area contributed by atoms with Crippen molar-refractivity contribution in [3.05, 3.63) is 29.8 Å². The lowest BCUT2D eigenvalue weighted by molar-refractivity contribution is -0.133. The Morgan fingerprint density at radius 2 is 1.62 bits per heavy atom. The highest BCUT2D eigenvalue weighted by Crippen LogP contribution is 2.33. The zero-order valence-electron chi connectivity index (χ0n) is 15.4. The monoisotopic (exact) mass is 379 g/mol. The fraction of sp³-hybridized carbons (Fsp3) is 0.632. The topological polar surface area (TPSA) is 83.7 Å². The Morgan fingerprint density at radius 3 is 2.15 bits per heavy atom. The highest BCUT2D eigenvalue weighted by Gasteiger charge is 2.31. The number of benzene rings is 1. The molecule has 0 radical (unpaired) electrons. The first-order valence-corrected chi connectivity index (χ1v) is 11.0. The lowest BCUT2D eigenvalue weighted by Gasteiger charge is -2.34. The minimum absolute atomic E-state index is 0.126. The van der Waals surface area contributed by atoms with Crippen molar-refractivity contribution in [1.82, 2.24) is 9.21 Å². The number of carbonyl (C=O) groups is 1. The fourth-order valence-electron chi connectivity index (χ4n) is 3.93. The number of piperazine rings is 1. The Morgan fingerprint density at radius 1 is 1.04 bits per heavy atom. The van der Waals surface area contributed by atoms with Crippen molar-refractivity contribution in [3.63, 3.8) is 0 Å². The van der Waals surface area contributed by atoms with Gasteiger partial charge in [-0.3, -0.25) is 4.79 Å². The van der Waals surface area contributed by atoms with E-state index < -0.39 is 16.1 Å². The molecule has 1 aromatic rings. The van der Waals surface area contributed by atoms with Crippen LogP contribution in [0.3, 0.4) is 0 Å². The number of nitrogens with zero attached hydrogens (tertiary/aromatic N) is 2. The van der Waals surface area contributed by atoms with Crippen LogP contribution >= 0.6 is 0 Å². The minimum atomic E-state index is -3.51. The highest BCUT2D eigenvalue weighted by molar-refractivity contribution is 7.89. The van der Waals surface area contributed by atoms with Crippen molar-refractivity contribution >= 4 is 15.9 Å². The third-order valence-electron chi connectivity index (χ3n) is 5.53. The number of rotatable bonds is 4. The summed E-state index contributed by atoms with van der Waals surface area (Å²) in [6.07, 6.45) is 6.22. The predicted octanol–water partition coefficient (Wildman–Crippen LogP) is 1.91. The van der Waals surface area contributed by atoms with Gasteiger partial charge in [-0.15, -0.1) is 0 Å². The first-order chi connectivity index (χ1) is 12.4. The van der Waals surface area contributed by atoms with Gasteiger partial charge in [0, 0.05) is 26.2 Å². The fourth-order valence-corrected chi connectivity index (χ4v) is 5.36. The molecule has 26 heavy (non-hydrogen) atoms. The van der Waals surface area contributed by atoms with E-state index in [0.29, 0.717) is 37.0 Å². The molecular weight excluding hydrogens is 350 g/mol. The minimum Gasteiger partial charge on any atom is -0.339 e. The van der Waals surface area contributed by atoms with Gasteiger partial charge in [0.2, 0.25) is 15.9 Å². The van der Waals surface area contributed by atoms with Crippen molar-refractivity contribution in [1.29, 1.82) is 0 Å². The van der Waals surface area contributed by atoms with E-state index in [4.69, 9.17) is 5.73 Å². The second-order valence-corrected chi connectivity index (χ2v) is 9.36. The van der Waals surface area contributed by atoms with E-state index in [-0.39, 0.29) is 5.91 Å². The van der Waals surface area contributed by atoms with Crippen LogP contribution < -0.4 is 5.73 Å². The molecular formula is C19H29N3O3S. The maximum absolute atomic E-state index is 12.9. The van der Waals surface area contributed by atoms with Gasteiger partial charge in [0.1, 0.15) is 0 Å². The van der Waals surface area contributed by atoms with Crippen molar-refractivity contribution < 1.29 is 13.2 Å². The van der Waals surface area contributed by atoms with E-state index in [9.17, 15) is 13.2 Å². The second-order valence-electron chi connectivity index (χ2n) is 7.42. The second kappa shape index (κ2) is 8.06. The molecule has 3 rings (SSSR count). The summed E-state index contributed by atoms with van der Waals surface area (Å²) in [5.74, 6) is 0.437. The summed E-state index contributed by atoms with van der Waals surface area (Å²) in [4.78, 5) is 13.9. The van der Waals surface area contributed by atoms with Gasteiger partial charge in [-0.2, -0.15) is 4.31 Å². The van der Waals surface area contributed by atoms with E-state index in [0.717, 1.165) is 0 Å². The maximum Gasteiger partial charge on any atom is 0.243 e. The van der Waals surface area contributed by atoms with Gasteiger partial charge in [-0.05, 0) is 43.4 Å². The lowest BCUT2D eigenvalue weighted by Crippen LogP contribution is -2.53. The maximum atomic E-state index is 12.9. The number of hydrogen-bond acceptors (Lipinski definition) is 4. The van der Waals surface area contributed by atoms with E-state index in [2.05, 4.69) is 0 Å². The Labute approximate surface area is 156 Å². The molecule has 1 aromatic carbocycles. The summed E-state index contributed by atoms with van der Waals surface area (Å²) >= 11 is 0. The molecule has 2 aliphatic rings. The van der Waals surface area contributed by atoms with Crippen LogP contribution in [0.1, 0.15) is 50.5 Å². The zero-order valence-corrected chi connectivity index (χ0v) is 16.2. The van der Waals surface area contributed by atoms with Gasteiger partial charge >= 0.3 is 0 Å². The predicted molar refractivity (Wildman–Crippen MR) is 101 cm³/mol. The third kappa shape index (κ3) is 4.10. The zero-order chi connectivity index (χ0) is 18.7. The summed E-state index contributed by atoms with van der Waals surface area (Å²) in [6.45, 7) is 3.05. The van der Waals surface area contributed by atoms with Crippen LogP contribution in [0, 0.1) is 0 Å². The summed E-state index contributed by atoms with van der Waals surface area (Å²) < 4.78 is 27.2. The molecule has 1 aliphatic heterocycles. The molecule has 0 unspecified atom stereocenters. The number of hydrogen-bond donors (Lipinski definition) is 1. The molecule has 1 heterocycles. The lowest BCUT2D eigenvalue weighted by atomic mass is 9.84. The van der Waals surface area contributed by atoms with Crippen molar-refractivity contribution in [2.45, 2.75) is 55.9 Å². The van der Waals surface area contributed by atoms with Gasteiger partial charge in [0.15, 0.2) is 0 Å². The summed E-state index contributed by atoms with van der Waals surface area (Å²) in [5, 5.41) is 0. The Balaban J connectivity index is 1.66. The number of carbonyl (C=O) groups excluding carboxylic acids is 1. The summed E-state index contributed by atoms with van der Waals surface area (Å²) in [7, 11) is -3.51. The Hall–Kier alpha value is -1.44. The van der Waals surface area contributed by atoms with Gasteiger partial charge in [0.05, 0.1) is 10.9 Å². The molecule has 1 saturated carbocycles. The van der Waals surface area contributed by atoms with Gasteiger partial charge < -0.3 is 10.6 Å². The smallest absolute Gasteiger partial charge is 0.243 e. The van der Waals surface area contributed by atoms with Crippen LogP contribution in [-0.4, -0.2) is 55.8 Å². The van der Waals surface area contributed by atoms with Crippen molar-refractivity contribution in [2.24, 2.45) is 5.73 Å². The van der Waals surface area contributed by atoms with Crippen molar-refractivity contribution in [3.8, 4) is 0 Å². The normalized spacial score (nSPS) is 21.5. The summed E-state index contributed by atoms with van der Waals surface area (Å²) in [6, 6.07) is 6.86. The molecule has 1 atom stereocenters. The molecule has 7 heteroatoms. The van der Waals surface area contributed by atoms with Crippen LogP contribution in [0.25, 0.3) is 0 Å². The molecule has 0 aromatic heterocycles.